The summed E-state index contributed by atoms with van der Waals surface area (Å²) in [4.78, 5) is 30.5. The van der Waals surface area contributed by atoms with E-state index < -0.39 is 0 Å². The van der Waals surface area contributed by atoms with Gasteiger partial charge in [0.2, 0.25) is 0 Å². The molecule has 1 aromatic heterocycles. The fourth-order valence-corrected chi connectivity index (χ4v) is 5.13. The molecule has 0 N–H and O–H groups in total. The minimum atomic E-state index is -0.157. The lowest BCUT2D eigenvalue weighted by atomic mass is 9.97. The quantitative estimate of drug-likeness (QED) is 0.518. The monoisotopic (exact) mass is 507 g/mol. The van der Waals surface area contributed by atoms with Gasteiger partial charge in [-0.2, -0.15) is 10.4 Å². The van der Waals surface area contributed by atoms with Crippen molar-refractivity contribution in [1.82, 2.24) is 19.6 Å². The number of benzene rings is 2. The van der Waals surface area contributed by atoms with Crippen LogP contribution in [-0.4, -0.2) is 44.0 Å². The van der Waals surface area contributed by atoms with Crippen molar-refractivity contribution < 1.29 is 9.59 Å². The number of fused-ring (bicyclic) bond motifs is 3. The van der Waals surface area contributed by atoms with Gasteiger partial charge in [-0.15, -0.1) is 0 Å². The average Bonchev–Trinajstić information content (AvgIpc) is 3.20. The largest absolute Gasteiger partial charge is 0.331 e. The Morgan fingerprint density at radius 3 is 2.69 bits per heavy atom. The van der Waals surface area contributed by atoms with E-state index in [0.717, 1.165) is 22.4 Å². The van der Waals surface area contributed by atoms with Crippen LogP contribution in [0.1, 0.15) is 55.7 Å². The smallest absolute Gasteiger partial charge is 0.272 e. The number of carbonyl (C=O) groups excluding carboxylic acids is 2. The maximum Gasteiger partial charge on any atom is 0.272 e. The van der Waals surface area contributed by atoms with Crippen LogP contribution in [0.25, 0.3) is 0 Å². The van der Waals surface area contributed by atoms with Gasteiger partial charge in [-0.05, 0) is 55.3 Å². The second-order valence-corrected chi connectivity index (χ2v) is 9.91. The highest BCUT2D eigenvalue weighted by Gasteiger charge is 2.37. The first-order valence-electron chi connectivity index (χ1n) is 11.4. The summed E-state index contributed by atoms with van der Waals surface area (Å²) >= 11 is 12.2. The molecule has 2 amide bonds. The number of halogens is 2. The van der Waals surface area contributed by atoms with Crippen LogP contribution >= 0.6 is 23.2 Å². The number of carbonyl (C=O) groups is 2. The number of nitrogens with zero attached hydrogens (tertiary/aromatic N) is 5. The van der Waals surface area contributed by atoms with Gasteiger partial charge in [-0.1, -0.05) is 29.3 Å². The maximum absolute atomic E-state index is 13.6. The van der Waals surface area contributed by atoms with Gasteiger partial charge in [-0.3, -0.25) is 14.3 Å². The van der Waals surface area contributed by atoms with Gasteiger partial charge < -0.3 is 9.80 Å². The van der Waals surface area contributed by atoms with E-state index in [2.05, 4.69) is 6.07 Å². The van der Waals surface area contributed by atoms with E-state index in [9.17, 15) is 9.59 Å². The Labute approximate surface area is 213 Å². The van der Waals surface area contributed by atoms with E-state index in [1.54, 1.807) is 33.8 Å². The molecule has 0 radical (unpaired) electrons. The van der Waals surface area contributed by atoms with Gasteiger partial charge in [0.1, 0.15) is 5.69 Å². The Kier molecular flexibility index (Phi) is 6.04. The molecule has 7 nitrogen and oxygen atoms in total. The minimum absolute atomic E-state index is 0.0751. The zero-order valence-electron chi connectivity index (χ0n) is 19.4. The van der Waals surface area contributed by atoms with Gasteiger partial charge >= 0.3 is 0 Å². The molecule has 5 rings (SSSR count). The third-order valence-electron chi connectivity index (χ3n) is 6.81. The highest BCUT2D eigenvalue weighted by atomic mass is 35.5. The summed E-state index contributed by atoms with van der Waals surface area (Å²) in [5, 5.41) is 14.6. The first kappa shape index (κ1) is 23.4. The van der Waals surface area contributed by atoms with Crippen molar-refractivity contribution in [3.05, 3.63) is 85.6 Å². The van der Waals surface area contributed by atoms with Crippen LogP contribution in [-0.2, 0) is 26.1 Å². The molecule has 3 heterocycles. The van der Waals surface area contributed by atoms with Crippen molar-refractivity contribution in [3.63, 3.8) is 0 Å². The van der Waals surface area contributed by atoms with Crippen molar-refractivity contribution >= 4 is 35.0 Å². The summed E-state index contributed by atoms with van der Waals surface area (Å²) in [6.45, 7) is 5.84. The Morgan fingerprint density at radius 2 is 1.97 bits per heavy atom. The van der Waals surface area contributed by atoms with Crippen LogP contribution in [0.3, 0.4) is 0 Å². The summed E-state index contributed by atoms with van der Waals surface area (Å²) in [6.07, 6.45) is 0.574. The average molecular weight is 508 g/mol. The molecule has 0 saturated carbocycles. The fourth-order valence-electron chi connectivity index (χ4n) is 4.83. The molecule has 178 valence electrons. The third kappa shape index (κ3) is 4.18. The van der Waals surface area contributed by atoms with Gasteiger partial charge in [0.25, 0.3) is 11.8 Å². The third-order valence-corrected chi connectivity index (χ3v) is 7.55. The van der Waals surface area contributed by atoms with E-state index in [1.165, 1.54) is 0 Å². The molecule has 35 heavy (non-hydrogen) atoms. The van der Waals surface area contributed by atoms with Crippen molar-refractivity contribution in [3.8, 4) is 6.07 Å². The summed E-state index contributed by atoms with van der Waals surface area (Å²) in [5.41, 5.74) is 5.27. The van der Waals surface area contributed by atoms with E-state index in [-0.39, 0.29) is 17.9 Å². The fraction of sp³-hybridized carbons (Fsp3) is 0.308. The van der Waals surface area contributed by atoms with Crippen LogP contribution in [0.5, 0.6) is 0 Å². The number of aryl methyl sites for hydroxylation is 1. The molecule has 0 unspecified atom stereocenters. The second kappa shape index (κ2) is 9.03. The Morgan fingerprint density at radius 1 is 1.17 bits per heavy atom. The van der Waals surface area contributed by atoms with Crippen molar-refractivity contribution in [1.29, 1.82) is 5.26 Å². The molecule has 0 fully saturated rings. The standard InChI is InChI=1S/C26H23Cl2N5O2/c1-15-9-17(12-29)3-4-19(15)13-31-7-8-33-24(26(31)35)20-14-32(16(2)10-23(20)30-33)25(34)18-5-6-21(27)22(28)11-18/h3-6,9,11,16H,7-8,10,13-14H2,1-2H3/t16-/m1/s1. The zero-order chi connectivity index (χ0) is 24.9. The lowest BCUT2D eigenvalue weighted by Crippen LogP contribution is -2.44. The van der Waals surface area contributed by atoms with Gasteiger partial charge in [-0.25, -0.2) is 0 Å². The summed E-state index contributed by atoms with van der Waals surface area (Å²) in [5.74, 6) is -0.250. The number of nitriles is 1. The molecule has 3 aromatic rings. The Bertz CT molecular complexity index is 1410. The predicted molar refractivity (Wildman–Crippen MR) is 132 cm³/mol. The lowest BCUT2D eigenvalue weighted by Gasteiger charge is -2.34. The molecule has 1 atom stereocenters. The highest BCUT2D eigenvalue weighted by Crippen LogP contribution is 2.31. The first-order chi connectivity index (χ1) is 16.8. The number of hydrogen-bond donors (Lipinski definition) is 0. The van der Waals surface area contributed by atoms with Crippen LogP contribution in [0.4, 0.5) is 0 Å². The number of aromatic nitrogens is 2. The molecule has 2 aromatic carbocycles. The summed E-state index contributed by atoms with van der Waals surface area (Å²) < 4.78 is 1.79. The van der Waals surface area contributed by atoms with Gasteiger partial charge in [0.05, 0.1) is 40.5 Å². The lowest BCUT2D eigenvalue weighted by molar-refractivity contribution is 0.0637. The zero-order valence-corrected chi connectivity index (χ0v) is 20.9. The van der Waals surface area contributed by atoms with E-state index in [1.807, 2.05) is 30.9 Å². The maximum atomic E-state index is 13.6. The van der Waals surface area contributed by atoms with E-state index in [0.29, 0.717) is 59.5 Å². The normalized spacial score (nSPS) is 17.1. The van der Waals surface area contributed by atoms with Crippen LogP contribution < -0.4 is 0 Å². The molecular formula is C26H23Cl2N5O2. The Hall–Kier alpha value is -3.34. The number of rotatable bonds is 3. The minimum Gasteiger partial charge on any atom is -0.331 e. The van der Waals surface area contributed by atoms with Crippen LogP contribution in [0.15, 0.2) is 36.4 Å². The second-order valence-electron chi connectivity index (χ2n) is 9.09. The molecule has 0 aliphatic carbocycles. The van der Waals surface area contributed by atoms with Gasteiger partial charge in [0, 0.05) is 36.7 Å². The van der Waals surface area contributed by atoms with Crippen molar-refractivity contribution in [2.75, 3.05) is 6.54 Å². The molecule has 2 aliphatic rings. The summed E-state index contributed by atoms with van der Waals surface area (Å²) in [6, 6.07) is 12.4. The van der Waals surface area contributed by atoms with E-state index in [4.69, 9.17) is 33.6 Å². The Balaban J connectivity index is 1.42. The van der Waals surface area contributed by atoms with Crippen LogP contribution in [0.2, 0.25) is 10.0 Å². The van der Waals surface area contributed by atoms with Crippen LogP contribution in [0, 0.1) is 18.3 Å². The molecule has 9 heteroatoms. The number of hydrogen-bond acceptors (Lipinski definition) is 4. The van der Waals surface area contributed by atoms with E-state index >= 15 is 0 Å². The van der Waals surface area contributed by atoms with Gasteiger partial charge in [0.15, 0.2) is 0 Å². The first-order valence-corrected chi connectivity index (χ1v) is 12.2. The molecule has 2 aliphatic heterocycles. The molecule has 0 spiro atoms. The van der Waals surface area contributed by atoms with Crippen molar-refractivity contribution in [2.45, 2.75) is 45.9 Å². The highest BCUT2D eigenvalue weighted by molar-refractivity contribution is 6.42. The SMILES string of the molecule is Cc1cc(C#N)ccc1CN1CCn2nc3c(c2C1=O)CN(C(=O)c1ccc(Cl)c(Cl)c1)[C@H](C)C3. The topological polar surface area (TPSA) is 82.2 Å². The molecular weight excluding hydrogens is 485 g/mol. The predicted octanol–water partition coefficient (Wildman–Crippen LogP) is 4.61. The van der Waals surface area contributed by atoms with Crippen molar-refractivity contribution in [2.24, 2.45) is 0 Å². The molecule has 0 bridgehead atoms. The molecule has 0 saturated heterocycles. The summed E-state index contributed by atoms with van der Waals surface area (Å²) in [7, 11) is 0. The number of amides is 2.